The fourth-order valence-corrected chi connectivity index (χ4v) is 4.70. The molecule has 0 saturated heterocycles. The highest BCUT2D eigenvalue weighted by Crippen LogP contribution is 2.46. The second kappa shape index (κ2) is 6.98. The number of hydrogen-bond acceptors (Lipinski definition) is 4. The van der Waals surface area contributed by atoms with Gasteiger partial charge in [0.15, 0.2) is 5.78 Å². The minimum atomic E-state index is -0.945. The summed E-state index contributed by atoms with van der Waals surface area (Å²) >= 11 is 0. The van der Waals surface area contributed by atoms with Gasteiger partial charge in [-0.2, -0.15) is 0 Å². The van der Waals surface area contributed by atoms with E-state index in [4.69, 9.17) is 0 Å². The fourth-order valence-electron chi connectivity index (χ4n) is 4.70. The van der Waals surface area contributed by atoms with Gasteiger partial charge < -0.3 is 5.11 Å². The van der Waals surface area contributed by atoms with E-state index in [9.17, 15) is 19.5 Å². The monoisotopic (exact) mass is 381 g/mol. The van der Waals surface area contributed by atoms with Gasteiger partial charge in [-0.05, 0) is 35.3 Å². The molecule has 2 aliphatic rings. The normalized spacial score (nSPS) is 23.8. The molecule has 1 atom stereocenters. The van der Waals surface area contributed by atoms with Crippen LogP contribution in [-0.2, 0) is 14.4 Å². The molecule has 0 N–H and O–H groups in total. The number of benzene rings is 1. The summed E-state index contributed by atoms with van der Waals surface area (Å²) in [4.78, 5) is 39.1. The van der Waals surface area contributed by atoms with Crippen LogP contribution in [0, 0.1) is 23.7 Å². The van der Waals surface area contributed by atoms with E-state index in [1.165, 1.54) is 0 Å². The molecule has 2 aliphatic carbocycles. The SMILES string of the molecule is Cc1ccc(C(C2=C([O-])CC(C)(C)CC2=O)C2C(=O)CC(C)(C)CC2=O)cc1. The lowest BCUT2D eigenvalue weighted by Crippen LogP contribution is -2.43. The number of allylic oxidation sites excluding steroid dienone is 2. The third-order valence-corrected chi connectivity index (χ3v) is 5.96. The van der Waals surface area contributed by atoms with Gasteiger partial charge >= 0.3 is 0 Å². The largest absolute Gasteiger partial charge is 0.875 e. The molecule has 0 spiro atoms. The quantitative estimate of drug-likeness (QED) is 0.749. The van der Waals surface area contributed by atoms with Gasteiger partial charge in [-0.25, -0.2) is 0 Å². The zero-order valence-electron chi connectivity index (χ0n) is 17.4. The van der Waals surface area contributed by atoms with Crippen molar-refractivity contribution < 1.29 is 19.5 Å². The van der Waals surface area contributed by atoms with Crippen LogP contribution in [0.1, 0.15) is 70.4 Å². The molecule has 1 unspecified atom stereocenters. The van der Waals surface area contributed by atoms with Crippen molar-refractivity contribution in [2.24, 2.45) is 16.7 Å². The molecule has 0 aromatic heterocycles. The maximum atomic E-state index is 13.0. The second-order valence-corrected chi connectivity index (χ2v) is 10.1. The van der Waals surface area contributed by atoms with Gasteiger partial charge in [0.25, 0.3) is 0 Å². The predicted molar refractivity (Wildman–Crippen MR) is 105 cm³/mol. The Balaban J connectivity index is 2.14. The highest BCUT2D eigenvalue weighted by Gasteiger charge is 2.47. The number of carbonyl (C=O) groups is 3. The molecule has 4 heteroatoms. The average molecular weight is 381 g/mol. The van der Waals surface area contributed by atoms with E-state index < -0.39 is 17.3 Å². The first kappa shape index (κ1) is 20.5. The van der Waals surface area contributed by atoms with Crippen molar-refractivity contribution in [2.45, 2.75) is 66.2 Å². The highest BCUT2D eigenvalue weighted by atomic mass is 16.3. The van der Waals surface area contributed by atoms with Crippen LogP contribution in [0.25, 0.3) is 0 Å². The summed E-state index contributed by atoms with van der Waals surface area (Å²) in [7, 11) is 0. The number of carbonyl (C=O) groups excluding carboxylic acids is 3. The third-order valence-electron chi connectivity index (χ3n) is 5.96. The topological polar surface area (TPSA) is 74.3 Å². The van der Waals surface area contributed by atoms with Crippen molar-refractivity contribution in [1.82, 2.24) is 0 Å². The summed E-state index contributed by atoms with van der Waals surface area (Å²) < 4.78 is 0. The molecule has 1 saturated carbocycles. The first-order valence-corrected chi connectivity index (χ1v) is 9.95. The van der Waals surface area contributed by atoms with E-state index >= 15 is 0 Å². The third kappa shape index (κ3) is 3.96. The lowest BCUT2D eigenvalue weighted by Gasteiger charge is -2.41. The Bertz CT molecular complexity index is 835. The Kier molecular flexibility index (Phi) is 5.11. The molecule has 0 aliphatic heterocycles. The molecule has 4 nitrogen and oxygen atoms in total. The van der Waals surface area contributed by atoms with Crippen LogP contribution >= 0.6 is 0 Å². The van der Waals surface area contributed by atoms with Crippen molar-refractivity contribution in [3.63, 3.8) is 0 Å². The molecule has 0 heterocycles. The Morgan fingerprint density at radius 3 is 1.86 bits per heavy atom. The van der Waals surface area contributed by atoms with Crippen LogP contribution in [0.2, 0.25) is 0 Å². The Morgan fingerprint density at radius 2 is 1.36 bits per heavy atom. The maximum Gasteiger partial charge on any atom is 0.159 e. The molecule has 1 aromatic carbocycles. The maximum absolute atomic E-state index is 13.0. The molecule has 28 heavy (non-hydrogen) atoms. The van der Waals surface area contributed by atoms with Gasteiger partial charge in [0.05, 0.1) is 5.92 Å². The van der Waals surface area contributed by atoms with Crippen LogP contribution < -0.4 is 5.11 Å². The van der Waals surface area contributed by atoms with E-state index in [-0.39, 0.29) is 59.8 Å². The Labute approximate surface area is 167 Å². The molecule has 0 bridgehead atoms. The van der Waals surface area contributed by atoms with Crippen molar-refractivity contribution in [3.8, 4) is 0 Å². The van der Waals surface area contributed by atoms with Crippen LogP contribution in [-0.4, -0.2) is 17.3 Å². The van der Waals surface area contributed by atoms with E-state index in [2.05, 4.69) is 0 Å². The van der Waals surface area contributed by atoms with Crippen molar-refractivity contribution in [1.29, 1.82) is 0 Å². The van der Waals surface area contributed by atoms with Gasteiger partial charge in [-0.3, -0.25) is 14.4 Å². The summed E-state index contributed by atoms with van der Waals surface area (Å²) in [5.74, 6) is -2.49. The number of hydrogen-bond donors (Lipinski definition) is 0. The van der Waals surface area contributed by atoms with E-state index in [1.54, 1.807) is 0 Å². The van der Waals surface area contributed by atoms with E-state index in [0.29, 0.717) is 5.56 Å². The van der Waals surface area contributed by atoms with Crippen molar-refractivity contribution >= 4 is 17.3 Å². The summed E-state index contributed by atoms with van der Waals surface area (Å²) in [6.07, 6.45) is 1.09. The number of Topliss-reactive ketones (excluding diaryl/α,β-unsaturated/α-hetero) is 3. The summed E-state index contributed by atoms with van der Waals surface area (Å²) in [6.45, 7) is 9.57. The van der Waals surface area contributed by atoms with Crippen LogP contribution in [0.5, 0.6) is 0 Å². The zero-order chi connectivity index (χ0) is 20.9. The standard InChI is InChI=1S/C24H30O4/c1-14-6-8-15(9-7-14)20(21-16(25)10-23(2,3)11-17(21)26)22-18(27)12-24(4,5)13-19(22)28/h6-9,20-21,27H,10-13H2,1-5H3/p-1. The minimum Gasteiger partial charge on any atom is -0.875 e. The second-order valence-electron chi connectivity index (χ2n) is 10.1. The van der Waals surface area contributed by atoms with Crippen molar-refractivity contribution in [3.05, 3.63) is 46.7 Å². The summed E-state index contributed by atoms with van der Waals surface area (Å²) in [6, 6.07) is 7.47. The minimum absolute atomic E-state index is 0.148. The lowest BCUT2D eigenvalue weighted by atomic mass is 9.62. The molecule has 0 radical (unpaired) electrons. The van der Waals surface area contributed by atoms with E-state index in [0.717, 1.165) is 5.56 Å². The molecular weight excluding hydrogens is 352 g/mol. The predicted octanol–water partition coefficient (Wildman–Crippen LogP) is 3.66. The average Bonchev–Trinajstić information content (AvgIpc) is 2.50. The van der Waals surface area contributed by atoms with Gasteiger partial charge in [0.2, 0.25) is 0 Å². The highest BCUT2D eigenvalue weighted by molar-refractivity contribution is 6.09. The number of aryl methyl sites for hydroxylation is 1. The Morgan fingerprint density at radius 1 is 0.857 bits per heavy atom. The van der Waals surface area contributed by atoms with Gasteiger partial charge in [0.1, 0.15) is 11.6 Å². The molecule has 1 aromatic rings. The molecule has 3 rings (SSSR count). The van der Waals surface area contributed by atoms with Crippen LogP contribution in [0.15, 0.2) is 35.6 Å². The summed E-state index contributed by atoms with van der Waals surface area (Å²) in [5.41, 5.74) is 1.12. The molecular formula is C24H29O4-. The van der Waals surface area contributed by atoms with Gasteiger partial charge in [-0.1, -0.05) is 57.5 Å². The zero-order valence-corrected chi connectivity index (χ0v) is 17.4. The van der Waals surface area contributed by atoms with E-state index in [1.807, 2.05) is 58.9 Å². The molecule has 150 valence electrons. The van der Waals surface area contributed by atoms with Crippen molar-refractivity contribution in [2.75, 3.05) is 0 Å². The smallest absolute Gasteiger partial charge is 0.159 e. The number of rotatable bonds is 3. The lowest BCUT2D eigenvalue weighted by molar-refractivity contribution is -0.312. The molecule has 1 fully saturated rings. The summed E-state index contributed by atoms with van der Waals surface area (Å²) in [5, 5.41) is 13.0. The Hall–Kier alpha value is -2.23. The fraction of sp³-hybridized carbons (Fsp3) is 0.542. The number of ketones is 3. The first-order valence-electron chi connectivity index (χ1n) is 9.95. The van der Waals surface area contributed by atoms with Crippen LogP contribution in [0.3, 0.4) is 0 Å². The van der Waals surface area contributed by atoms with Gasteiger partial charge in [0, 0.05) is 25.2 Å². The van der Waals surface area contributed by atoms with Crippen LogP contribution in [0.4, 0.5) is 0 Å². The first-order chi connectivity index (χ1) is 12.9. The van der Waals surface area contributed by atoms with Gasteiger partial charge in [-0.15, -0.1) is 5.76 Å². The molecule has 0 amide bonds.